The predicted octanol–water partition coefficient (Wildman–Crippen LogP) is 1.07. The van der Waals surface area contributed by atoms with Crippen LogP contribution in [0.25, 0.3) is 0 Å². The molecule has 0 saturated carbocycles. The van der Waals surface area contributed by atoms with E-state index in [1.807, 2.05) is 13.8 Å². The van der Waals surface area contributed by atoms with Crippen LogP contribution in [0.15, 0.2) is 6.07 Å². The summed E-state index contributed by atoms with van der Waals surface area (Å²) >= 11 is 0. The van der Waals surface area contributed by atoms with Crippen LogP contribution in [0.5, 0.6) is 11.8 Å². The van der Waals surface area contributed by atoms with Gasteiger partial charge in [0.15, 0.2) is 0 Å². The van der Waals surface area contributed by atoms with Gasteiger partial charge < -0.3 is 19.9 Å². The highest BCUT2D eigenvalue weighted by Gasteiger charge is 2.18. The van der Waals surface area contributed by atoms with Gasteiger partial charge in [-0.2, -0.15) is 9.97 Å². The highest BCUT2D eigenvalue weighted by molar-refractivity contribution is 5.35. The van der Waals surface area contributed by atoms with E-state index >= 15 is 0 Å². The molecule has 1 rings (SSSR count). The standard InChI is InChI=1S/C11H19N3O3/c1-11(2,5-6-15)14-10-12-8(16-3)7-9(13-10)17-4/h7,15H,5-6H2,1-4H3,(H,12,13,14). The molecule has 0 saturated heterocycles. The monoisotopic (exact) mass is 241 g/mol. The third-order valence-corrected chi connectivity index (χ3v) is 2.28. The number of nitrogens with one attached hydrogen (secondary N) is 1. The molecule has 0 bridgehead atoms. The summed E-state index contributed by atoms with van der Waals surface area (Å²) < 4.78 is 10.1. The van der Waals surface area contributed by atoms with Gasteiger partial charge in [0, 0.05) is 12.1 Å². The van der Waals surface area contributed by atoms with E-state index in [0.717, 1.165) is 0 Å². The summed E-state index contributed by atoms with van der Waals surface area (Å²) in [5.74, 6) is 1.28. The molecule has 96 valence electrons. The molecule has 0 atom stereocenters. The minimum Gasteiger partial charge on any atom is -0.481 e. The van der Waals surface area contributed by atoms with Gasteiger partial charge in [0.25, 0.3) is 0 Å². The van der Waals surface area contributed by atoms with E-state index in [1.165, 1.54) is 14.2 Å². The van der Waals surface area contributed by atoms with Gasteiger partial charge >= 0.3 is 0 Å². The third kappa shape index (κ3) is 4.07. The number of aliphatic hydroxyl groups is 1. The van der Waals surface area contributed by atoms with Crippen molar-refractivity contribution < 1.29 is 14.6 Å². The molecule has 2 N–H and O–H groups in total. The molecule has 6 heteroatoms. The molecule has 0 aliphatic rings. The van der Waals surface area contributed by atoms with Crippen LogP contribution in [0.1, 0.15) is 20.3 Å². The lowest BCUT2D eigenvalue weighted by Gasteiger charge is -2.25. The maximum absolute atomic E-state index is 8.95. The van der Waals surface area contributed by atoms with Crippen LogP contribution in [0.2, 0.25) is 0 Å². The highest BCUT2D eigenvalue weighted by Crippen LogP contribution is 2.21. The SMILES string of the molecule is COc1cc(OC)nc(NC(C)(C)CCO)n1. The highest BCUT2D eigenvalue weighted by atomic mass is 16.5. The Morgan fingerprint density at radius 1 is 1.24 bits per heavy atom. The van der Waals surface area contributed by atoms with Crippen molar-refractivity contribution in [2.75, 3.05) is 26.1 Å². The van der Waals surface area contributed by atoms with Crippen LogP contribution < -0.4 is 14.8 Å². The molecule has 0 aliphatic heterocycles. The Hall–Kier alpha value is -1.56. The first-order chi connectivity index (χ1) is 8.00. The number of nitrogens with zero attached hydrogens (tertiary/aromatic N) is 2. The van der Waals surface area contributed by atoms with Gasteiger partial charge in [-0.3, -0.25) is 0 Å². The molecule has 0 fully saturated rings. The lowest BCUT2D eigenvalue weighted by molar-refractivity contribution is 0.260. The van der Waals surface area contributed by atoms with Crippen LogP contribution in [0.3, 0.4) is 0 Å². The van der Waals surface area contributed by atoms with Crippen molar-refractivity contribution in [1.29, 1.82) is 0 Å². The van der Waals surface area contributed by atoms with E-state index in [9.17, 15) is 0 Å². The van der Waals surface area contributed by atoms with E-state index in [2.05, 4.69) is 15.3 Å². The smallest absolute Gasteiger partial charge is 0.229 e. The molecule has 0 unspecified atom stereocenters. The largest absolute Gasteiger partial charge is 0.481 e. The minimum atomic E-state index is -0.299. The summed E-state index contributed by atoms with van der Waals surface area (Å²) in [7, 11) is 3.06. The van der Waals surface area contributed by atoms with Crippen molar-refractivity contribution >= 4 is 5.95 Å². The Morgan fingerprint density at radius 3 is 2.18 bits per heavy atom. The minimum absolute atomic E-state index is 0.0983. The van der Waals surface area contributed by atoms with E-state index in [0.29, 0.717) is 24.1 Å². The van der Waals surface area contributed by atoms with E-state index < -0.39 is 0 Å². The Labute approximate surface area is 101 Å². The van der Waals surface area contributed by atoms with Crippen molar-refractivity contribution in [2.45, 2.75) is 25.8 Å². The molecule has 1 heterocycles. The van der Waals surface area contributed by atoms with E-state index in [1.54, 1.807) is 6.07 Å². The van der Waals surface area contributed by atoms with E-state index in [-0.39, 0.29) is 12.1 Å². The molecule has 0 radical (unpaired) electrons. The predicted molar refractivity (Wildman–Crippen MR) is 64.5 cm³/mol. The molecule has 6 nitrogen and oxygen atoms in total. The second-order valence-corrected chi connectivity index (χ2v) is 4.26. The van der Waals surface area contributed by atoms with Gasteiger partial charge in [0.1, 0.15) is 0 Å². The Morgan fingerprint density at radius 2 is 1.76 bits per heavy atom. The van der Waals surface area contributed by atoms with Crippen LogP contribution in [0.4, 0.5) is 5.95 Å². The number of rotatable bonds is 6. The number of hydrogen-bond donors (Lipinski definition) is 2. The molecule has 0 spiro atoms. The summed E-state index contributed by atoms with van der Waals surface area (Å²) in [5.41, 5.74) is -0.299. The van der Waals surface area contributed by atoms with Gasteiger partial charge in [-0.1, -0.05) is 0 Å². The first-order valence-electron chi connectivity index (χ1n) is 5.37. The second-order valence-electron chi connectivity index (χ2n) is 4.26. The zero-order valence-electron chi connectivity index (χ0n) is 10.6. The quantitative estimate of drug-likeness (QED) is 0.775. The molecule has 0 aliphatic carbocycles. The number of methoxy groups -OCH3 is 2. The summed E-state index contributed by atoms with van der Waals surface area (Å²) in [6.45, 7) is 4.01. The number of aromatic nitrogens is 2. The van der Waals surface area contributed by atoms with Gasteiger partial charge in [0.2, 0.25) is 17.7 Å². The van der Waals surface area contributed by atoms with Crippen LogP contribution in [-0.2, 0) is 0 Å². The van der Waals surface area contributed by atoms with Gasteiger partial charge in [-0.25, -0.2) is 0 Å². The average molecular weight is 241 g/mol. The van der Waals surface area contributed by atoms with Gasteiger partial charge in [0.05, 0.1) is 20.3 Å². The maximum Gasteiger partial charge on any atom is 0.229 e. The molecule has 0 amide bonds. The average Bonchev–Trinajstić information content (AvgIpc) is 2.27. The molecular formula is C11H19N3O3. The Bertz CT molecular complexity index is 347. The number of aliphatic hydroxyl groups excluding tert-OH is 1. The van der Waals surface area contributed by atoms with Crippen LogP contribution in [0, 0.1) is 0 Å². The summed E-state index contributed by atoms with van der Waals surface area (Å²) in [6, 6.07) is 1.60. The number of hydrogen-bond acceptors (Lipinski definition) is 6. The zero-order valence-corrected chi connectivity index (χ0v) is 10.6. The fraction of sp³-hybridized carbons (Fsp3) is 0.636. The first kappa shape index (κ1) is 13.5. The van der Waals surface area contributed by atoms with E-state index in [4.69, 9.17) is 14.6 Å². The van der Waals surface area contributed by atoms with Crippen LogP contribution >= 0.6 is 0 Å². The molecule has 1 aromatic heterocycles. The maximum atomic E-state index is 8.95. The first-order valence-corrected chi connectivity index (χ1v) is 5.37. The molecular weight excluding hydrogens is 222 g/mol. The Balaban J connectivity index is 2.89. The molecule has 0 aromatic carbocycles. The lowest BCUT2D eigenvalue weighted by atomic mass is 10.0. The van der Waals surface area contributed by atoms with Crippen molar-refractivity contribution in [3.8, 4) is 11.8 Å². The fourth-order valence-corrected chi connectivity index (χ4v) is 1.31. The van der Waals surface area contributed by atoms with Gasteiger partial charge in [-0.05, 0) is 20.3 Å². The van der Waals surface area contributed by atoms with Crippen molar-refractivity contribution in [1.82, 2.24) is 9.97 Å². The summed E-state index contributed by atoms with van der Waals surface area (Å²) in [5, 5.41) is 12.1. The van der Waals surface area contributed by atoms with Crippen molar-refractivity contribution in [2.24, 2.45) is 0 Å². The van der Waals surface area contributed by atoms with Crippen molar-refractivity contribution in [3.05, 3.63) is 6.07 Å². The number of anilines is 1. The summed E-state index contributed by atoms with van der Waals surface area (Å²) in [6.07, 6.45) is 0.593. The zero-order chi connectivity index (χ0) is 12.9. The number of ether oxygens (including phenoxy) is 2. The topological polar surface area (TPSA) is 76.5 Å². The fourth-order valence-electron chi connectivity index (χ4n) is 1.31. The summed E-state index contributed by atoms with van der Waals surface area (Å²) in [4.78, 5) is 8.32. The molecule has 1 aromatic rings. The lowest BCUT2D eigenvalue weighted by Crippen LogP contribution is -2.32. The second kappa shape index (κ2) is 5.67. The third-order valence-electron chi connectivity index (χ3n) is 2.28. The normalized spacial score (nSPS) is 11.1. The molecule has 17 heavy (non-hydrogen) atoms. The Kier molecular flexibility index (Phi) is 4.51. The van der Waals surface area contributed by atoms with Crippen LogP contribution in [-0.4, -0.2) is 41.4 Å². The van der Waals surface area contributed by atoms with Gasteiger partial charge in [-0.15, -0.1) is 0 Å². The van der Waals surface area contributed by atoms with Crippen molar-refractivity contribution in [3.63, 3.8) is 0 Å².